The molecule has 8 heteroatoms. The van der Waals surface area contributed by atoms with Crippen LogP contribution in [0.25, 0.3) is 22.3 Å². The predicted molar refractivity (Wildman–Crippen MR) is 102 cm³/mol. The van der Waals surface area contributed by atoms with E-state index in [0.29, 0.717) is 10.7 Å². The number of H-pyrrole nitrogens is 1. The van der Waals surface area contributed by atoms with Gasteiger partial charge in [-0.05, 0) is 30.3 Å². The Morgan fingerprint density at radius 1 is 1.16 bits per heavy atom. The number of hydrogen-bond donors (Lipinski definition) is 3. The van der Waals surface area contributed by atoms with Gasteiger partial charge in [-0.15, -0.1) is 11.3 Å². The van der Waals surface area contributed by atoms with E-state index in [1.807, 2.05) is 35.7 Å². The Labute approximate surface area is 155 Å². The van der Waals surface area contributed by atoms with Gasteiger partial charge in [-0.25, -0.2) is 9.97 Å². The molecular weight excluding hydrogens is 402 g/mol. The maximum absolute atomic E-state index is 12.3. The van der Waals surface area contributed by atoms with Crippen molar-refractivity contribution >= 4 is 49.3 Å². The van der Waals surface area contributed by atoms with Crippen molar-refractivity contribution in [1.29, 1.82) is 0 Å². The zero-order chi connectivity index (χ0) is 17.2. The Morgan fingerprint density at radius 3 is 2.84 bits per heavy atom. The minimum atomic E-state index is -0.245. The van der Waals surface area contributed by atoms with Crippen molar-refractivity contribution in [3.8, 4) is 11.3 Å². The number of imidazole rings is 1. The SMILES string of the molecule is O=C(NNc1nc(-c2ccc(Br)cc2)cs1)c1ccc2[nH]cnc2c1. The molecule has 0 spiro atoms. The number of carbonyl (C=O) groups is 1. The van der Waals surface area contributed by atoms with Crippen molar-refractivity contribution in [2.75, 3.05) is 5.43 Å². The second kappa shape index (κ2) is 6.66. The molecule has 25 heavy (non-hydrogen) atoms. The molecule has 0 saturated heterocycles. The summed E-state index contributed by atoms with van der Waals surface area (Å²) in [5, 5.41) is 2.56. The van der Waals surface area contributed by atoms with Crippen LogP contribution in [0, 0.1) is 0 Å². The summed E-state index contributed by atoms with van der Waals surface area (Å²) in [6.07, 6.45) is 1.60. The van der Waals surface area contributed by atoms with Gasteiger partial charge in [0, 0.05) is 21.0 Å². The minimum Gasteiger partial charge on any atom is -0.345 e. The number of benzene rings is 2. The van der Waals surface area contributed by atoms with Crippen LogP contribution < -0.4 is 10.9 Å². The molecule has 124 valence electrons. The number of rotatable bonds is 4. The molecule has 0 atom stereocenters. The van der Waals surface area contributed by atoms with E-state index in [4.69, 9.17) is 0 Å². The summed E-state index contributed by atoms with van der Waals surface area (Å²) >= 11 is 4.84. The van der Waals surface area contributed by atoms with Crippen LogP contribution in [0.15, 0.2) is 58.6 Å². The first-order valence-corrected chi connectivity index (χ1v) is 9.07. The highest BCUT2D eigenvalue weighted by Crippen LogP contribution is 2.25. The lowest BCUT2D eigenvalue weighted by Crippen LogP contribution is -2.29. The first kappa shape index (κ1) is 15.8. The summed E-state index contributed by atoms with van der Waals surface area (Å²) in [5.74, 6) is -0.245. The van der Waals surface area contributed by atoms with Crippen LogP contribution in [-0.4, -0.2) is 20.9 Å². The van der Waals surface area contributed by atoms with E-state index in [0.717, 1.165) is 26.8 Å². The highest BCUT2D eigenvalue weighted by molar-refractivity contribution is 9.10. The molecule has 3 N–H and O–H groups in total. The number of thiazole rings is 1. The van der Waals surface area contributed by atoms with Gasteiger partial charge in [-0.3, -0.25) is 15.6 Å². The molecule has 1 amide bonds. The molecule has 0 aliphatic rings. The average Bonchev–Trinajstić information content (AvgIpc) is 3.29. The number of amides is 1. The molecule has 0 unspecified atom stereocenters. The Morgan fingerprint density at radius 2 is 2.00 bits per heavy atom. The summed E-state index contributed by atoms with van der Waals surface area (Å²) < 4.78 is 1.02. The number of hydrazine groups is 1. The number of fused-ring (bicyclic) bond motifs is 1. The fraction of sp³-hybridized carbons (Fsp3) is 0. The van der Waals surface area contributed by atoms with Crippen molar-refractivity contribution in [2.45, 2.75) is 0 Å². The second-order valence-electron chi connectivity index (χ2n) is 5.26. The van der Waals surface area contributed by atoms with Gasteiger partial charge in [-0.1, -0.05) is 28.1 Å². The van der Waals surface area contributed by atoms with Gasteiger partial charge < -0.3 is 4.98 Å². The van der Waals surface area contributed by atoms with E-state index in [9.17, 15) is 4.79 Å². The van der Waals surface area contributed by atoms with Gasteiger partial charge in [0.2, 0.25) is 5.13 Å². The number of carbonyl (C=O) groups excluding carboxylic acids is 1. The van der Waals surface area contributed by atoms with Crippen LogP contribution in [-0.2, 0) is 0 Å². The zero-order valence-corrected chi connectivity index (χ0v) is 15.2. The lowest BCUT2D eigenvalue weighted by molar-refractivity contribution is 0.0963. The average molecular weight is 414 g/mol. The van der Waals surface area contributed by atoms with Crippen LogP contribution in [0.2, 0.25) is 0 Å². The number of anilines is 1. The van der Waals surface area contributed by atoms with E-state index in [1.54, 1.807) is 18.5 Å². The van der Waals surface area contributed by atoms with Crippen LogP contribution in [0.3, 0.4) is 0 Å². The number of nitrogens with one attached hydrogen (secondary N) is 3. The van der Waals surface area contributed by atoms with Crippen molar-refractivity contribution in [3.63, 3.8) is 0 Å². The molecule has 0 aliphatic heterocycles. The largest absolute Gasteiger partial charge is 0.345 e. The van der Waals surface area contributed by atoms with E-state index in [-0.39, 0.29) is 5.91 Å². The molecule has 0 bridgehead atoms. The first-order chi connectivity index (χ1) is 12.2. The second-order valence-corrected chi connectivity index (χ2v) is 7.03. The highest BCUT2D eigenvalue weighted by atomic mass is 79.9. The van der Waals surface area contributed by atoms with Crippen molar-refractivity contribution in [1.82, 2.24) is 20.4 Å². The third-order valence-corrected chi connectivity index (χ3v) is 4.90. The monoisotopic (exact) mass is 413 g/mol. The maximum atomic E-state index is 12.3. The topological polar surface area (TPSA) is 82.7 Å². The minimum absolute atomic E-state index is 0.245. The molecule has 0 fully saturated rings. The molecule has 2 aromatic carbocycles. The number of aromatic nitrogens is 3. The summed E-state index contributed by atoms with van der Waals surface area (Å²) in [7, 11) is 0. The molecule has 0 radical (unpaired) electrons. The fourth-order valence-corrected chi connectivity index (χ4v) is 3.28. The third kappa shape index (κ3) is 3.40. The summed E-state index contributed by atoms with van der Waals surface area (Å²) in [5.41, 5.74) is 9.55. The number of halogens is 1. The highest BCUT2D eigenvalue weighted by Gasteiger charge is 2.09. The quantitative estimate of drug-likeness (QED) is 0.437. The van der Waals surface area contributed by atoms with Crippen LogP contribution in [0.5, 0.6) is 0 Å². The first-order valence-electron chi connectivity index (χ1n) is 7.40. The Balaban J connectivity index is 1.44. The molecule has 2 heterocycles. The van der Waals surface area contributed by atoms with E-state index in [2.05, 4.69) is 41.7 Å². The molecule has 0 saturated carbocycles. The van der Waals surface area contributed by atoms with Crippen LogP contribution in [0.4, 0.5) is 5.13 Å². The Bertz CT molecular complexity index is 1040. The van der Waals surface area contributed by atoms with Gasteiger partial charge >= 0.3 is 0 Å². The third-order valence-electron chi connectivity index (χ3n) is 3.61. The lowest BCUT2D eigenvalue weighted by atomic mass is 10.2. The Hall–Kier alpha value is -2.71. The molecule has 6 nitrogen and oxygen atoms in total. The van der Waals surface area contributed by atoms with E-state index < -0.39 is 0 Å². The van der Waals surface area contributed by atoms with Gasteiger partial charge in [-0.2, -0.15) is 0 Å². The van der Waals surface area contributed by atoms with E-state index >= 15 is 0 Å². The van der Waals surface area contributed by atoms with Crippen molar-refractivity contribution in [2.24, 2.45) is 0 Å². The molecule has 4 aromatic rings. The standard InChI is InChI=1S/C17H12BrN5OS/c18-12-4-1-10(2-5-12)15-8-25-17(21-15)23-22-16(24)11-3-6-13-14(7-11)20-9-19-13/h1-9H,(H,19,20)(H,21,23)(H,22,24). The summed E-state index contributed by atoms with van der Waals surface area (Å²) in [6.45, 7) is 0. The van der Waals surface area contributed by atoms with Gasteiger partial charge in [0.15, 0.2) is 0 Å². The Kier molecular flexibility index (Phi) is 4.21. The molecule has 0 aliphatic carbocycles. The van der Waals surface area contributed by atoms with Crippen molar-refractivity contribution in [3.05, 3.63) is 64.2 Å². The van der Waals surface area contributed by atoms with Gasteiger partial charge in [0.25, 0.3) is 5.91 Å². The summed E-state index contributed by atoms with van der Waals surface area (Å²) in [4.78, 5) is 23.9. The van der Waals surface area contributed by atoms with Gasteiger partial charge in [0.1, 0.15) is 0 Å². The zero-order valence-electron chi connectivity index (χ0n) is 12.8. The van der Waals surface area contributed by atoms with Crippen LogP contribution in [0.1, 0.15) is 10.4 Å². The van der Waals surface area contributed by atoms with Gasteiger partial charge in [0.05, 0.1) is 23.1 Å². The number of aromatic amines is 1. The molecular formula is C17H12BrN5OS. The number of nitrogens with zero attached hydrogens (tertiary/aromatic N) is 2. The molecule has 4 rings (SSSR count). The van der Waals surface area contributed by atoms with Crippen LogP contribution >= 0.6 is 27.3 Å². The lowest BCUT2D eigenvalue weighted by Gasteiger charge is -2.05. The normalized spacial score (nSPS) is 10.8. The van der Waals surface area contributed by atoms with Crippen molar-refractivity contribution < 1.29 is 4.79 Å². The predicted octanol–water partition coefficient (Wildman–Crippen LogP) is 4.21. The molecule has 2 aromatic heterocycles. The maximum Gasteiger partial charge on any atom is 0.269 e. The summed E-state index contributed by atoms with van der Waals surface area (Å²) in [6, 6.07) is 13.2. The van der Waals surface area contributed by atoms with E-state index in [1.165, 1.54) is 11.3 Å². The number of hydrogen-bond acceptors (Lipinski definition) is 5. The fourth-order valence-electron chi connectivity index (χ4n) is 2.34. The smallest absolute Gasteiger partial charge is 0.269 e.